The number of hydrogen-bond acceptors (Lipinski definition) is 4. The number of rotatable bonds is 7. The SMILES string of the molecule is CCC(C)(O)CNC(=O)C1CC(=O)N(CCOC)C1. The van der Waals surface area contributed by atoms with Crippen molar-refractivity contribution in [3.05, 3.63) is 0 Å². The second-order valence-electron chi connectivity index (χ2n) is 5.30. The van der Waals surface area contributed by atoms with Gasteiger partial charge in [0, 0.05) is 33.2 Å². The van der Waals surface area contributed by atoms with Crippen LogP contribution in [0.15, 0.2) is 0 Å². The minimum absolute atomic E-state index is 0.0144. The van der Waals surface area contributed by atoms with Crippen LogP contribution in [0.3, 0.4) is 0 Å². The van der Waals surface area contributed by atoms with Gasteiger partial charge in [0.15, 0.2) is 0 Å². The Balaban J connectivity index is 2.41. The molecule has 0 radical (unpaired) electrons. The van der Waals surface area contributed by atoms with Crippen LogP contribution in [-0.4, -0.2) is 60.8 Å². The molecule has 1 fully saturated rings. The zero-order valence-electron chi connectivity index (χ0n) is 11.9. The Kier molecular flexibility index (Phi) is 5.75. The van der Waals surface area contributed by atoms with Gasteiger partial charge in [-0.25, -0.2) is 0 Å². The first-order valence-corrected chi connectivity index (χ1v) is 6.66. The van der Waals surface area contributed by atoms with Crippen LogP contribution >= 0.6 is 0 Å². The van der Waals surface area contributed by atoms with Crippen molar-refractivity contribution in [2.45, 2.75) is 32.3 Å². The number of carbonyl (C=O) groups excluding carboxylic acids is 2. The molecule has 0 aromatic carbocycles. The van der Waals surface area contributed by atoms with E-state index in [1.165, 1.54) is 0 Å². The zero-order chi connectivity index (χ0) is 14.5. The first-order chi connectivity index (χ1) is 8.89. The molecule has 0 aliphatic carbocycles. The van der Waals surface area contributed by atoms with Crippen LogP contribution in [0.5, 0.6) is 0 Å². The third kappa shape index (κ3) is 4.80. The van der Waals surface area contributed by atoms with Gasteiger partial charge in [0.05, 0.1) is 18.1 Å². The molecule has 2 unspecified atom stereocenters. The molecule has 0 spiro atoms. The monoisotopic (exact) mass is 272 g/mol. The second-order valence-corrected chi connectivity index (χ2v) is 5.30. The number of nitrogens with one attached hydrogen (secondary N) is 1. The van der Waals surface area contributed by atoms with Gasteiger partial charge in [0.25, 0.3) is 0 Å². The minimum Gasteiger partial charge on any atom is -0.388 e. The van der Waals surface area contributed by atoms with E-state index in [1.54, 1.807) is 18.9 Å². The van der Waals surface area contributed by atoms with E-state index >= 15 is 0 Å². The van der Waals surface area contributed by atoms with Gasteiger partial charge in [-0.15, -0.1) is 0 Å². The summed E-state index contributed by atoms with van der Waals surface area (Å²) >= 11 is 0. The third-order valence-electron chi connectivity index (χ3n) is 3.56. The predicted molar refractivity (Wildman–Crippen MR) is 70.5 cm³/mol. The van der Waals surface area contributed by atoms with Gasteiger partial charge in [-0.3, -0.25) is 9.59 Å². The summed E-state index contributed by atoms with van der Waals surface area (Å²) in [6.45, 7) is 5.18. The first kappa shape index (κ1) is 15.9. The normalized spacial score (nSPS) is 22.4. The molecule has 0 bridgehead atoms. The summed E-state index contributed by atoms with van der Waals surface area (Å²) in [7, 11) is 1.58. The number of nitrogens with zero attached hydrogens (tertiary/aromatic N) is 1. The van der Waals surface area contributed by atoms with E-state index < -0.39 is 5.60 Å². The Morgan fingerprint density at radius 1 is 1.63 bits per heavy atom. The van der Waals surface area contributed by atoms with Crippen LogP contribution in [0.2, 0.25) is 0 Å². The number of aliphatic hydroxyl groups is 1. The maximum Gasteiger partial charge on any atom is 0.225 e. The van der Waals surface area contributed by atoms with Crippen molar-refractivity contribution >= 4 is 11.8 Å². The van der Waals surface area contributed by atoms with Crippen LogP contribution in [0.25, 0.3) is 0 Å². The van der Waals surface area contributed by atoms with Crippen molar-refractivity contribution < 1.29 is 19.4 Å². The average Bonchev–Trinajstić information content (AvgIpc) is 2.75. The fourth-order valence-corrected chi connectivity index (χ4v) is 1.91. The van der Waals surface area contributed by atoms with Crippen molar-refractivity contribution in [2.24, 2.45) is 5.92 Å². The van der Waals surface area contributed by atoms with Crippen molar-refractivity contribution in [1.82, 2.24) is 10.2 Å². The van der Waals surface area contributed by atoms with E-state index in [-0.39, 0.29) is 30.7 Å². The van der Waals surface area contributed by atoms with Gasteiger partial charge < -0.3 is 20.1 Å². The zero-order valence-corrected chi connectivity index (χ0v) is 11.9. The summed E-state index contributed by atoms with van der Waals surface area (Å²) in [5.74, 6) is -0.501. The van der Waals surface area contributed by atoms with Crippen molar-refractivity contribution in [1.29, 1.82) is 0 Å². The molecule has 6 heteroatoms. The number of hydrogen-bond donors (Lipinski definition) is 2. The molecule has 110 valence electrons. The average molecular weight is 272 g/mol. The van der Waals surface area contributed by atoms with Crippen molar-refractivity contribution in [3.8, 4) is 0 Å². The standard InChI is InChI=1S/C13H24N2O4/c1-4-13(2,18)9-14-12(17)10-7-11(16)15(8-10)5-6-19-3/h10,18H,4-9H2,1-3H3,(H,14,17). The molecule has 2 atom stereocenters. The summed E-state index contributed by atoms with van der Waals surface area (Å²) in [5, 5.41) is 12.5. The van der Waals surface area contributed by atoms with Gasteiger partial charge >= 0.3 is 0 Å². The van der Waals surface area contributed by atoms with E-state index in [4.69, 9.17) is 4.74 Å². The highest BCUT2D eigenvalue weighted by molar-refractivity contribution is 5.89. The Morgan fingerprint density at radius 2 is 2.32 bits per heavy atom. The molecule has 6 nitrogen and oxygen atoms in total. The number of ether oxygens (including phenoxy) is 1. The molecule has 2 amide bonds. The van der Waals surface area contributed by atoms with Crippen LogP contribution < -0.4 is 5.32 Å². The van der Waals surface area contributed by atoms with Crippen LogP contribution in [0, 0.1) is 5.92 Å². The summed E-state index contributed by atoms with van der Waals surface area (Å²) in [4.78, 5) is 25.3. The van der Waals surface area contributed by atoms with E-state index in [0.29, 0.717) is 26.1 Å². The minimum atomic E-state index is -0.895. The maximum absolute atomic E-state index is 11.9. The summed E-state index contributed by atoms with van der Waals surface area (Å²) in [6.07, 6.45) is 0.806. The Labute approximate surface area is 114 Å². The number of likely N-dealkylation sites (tertiary alicyclic amines) is 1. The van der Waals surface area contributed by atoms with E-state index in [0.717, 1.165) is 0 Å². The smallest absolute Gasteiger partial charge is 0.225 e. The second kappa shape index (κ2) is 6.86. The molecule has 0 saturated carbocycles. The quantitative estimate of drug-likeness (QED) is 0.670. The summed E-state index contributed by atoms with van der Waals surface area (Å²) < 4.78 is 4.93. The first-order valence-electron chi connectivity index (χ1n) is 6.66. The van der Waals surface area contributed by atoms with Crippen molar-refractivity contribution in [3.63, 3.8) is 0 Å². The lowest BCUT2D eigenvalue weighted by Gasteiger charge is -2.22. The molecule has 1 aliphatic rings. The Hall–Kier alpha value is -1.14. The molecule has 0 aromatic heterocycles. The van der Waals surface area contributed by atoms with Gasteiger partial charge in [0.1, 0.15) is 0 Å². The molecule has 1 saturated heterocycles. The lowest BCUT2D eigenvalue weighted by Crippen LogP contribution is -2.43. The summed E-state index contributed by atoms with van der Waals surface area (Å²) in [6, 6.07) is 0. The summed E-state index contributed by atoms with van der Waals surface area (Å²) in [5.41, 5.74) is -0.895. The molecule has 1 rings (SSSR count). The molecular formula is C13H24N2O4. The third-order valence-corrected chi connectivity index (χ3v) is 3.56. The molecular weight excluding hydrogens is 248 g/mol. The topological polar surface area (TPSA) is 78.9 Å². The molecule has 19 heavy (non-hydrogen) atoms. The molecule has 0 aromatic rings. The number of methoxy groups -OCH3 is 1. The van der Waals surface area contributed by atoms with Crippen LogP contribution in [0.1, 0.15) is 26.7 Å². The fourth-order valence-electron chi connectivity index (χ4n) is 1.91. The fraction of sp³-hybridized carbons (Fsp3) is 0.846. The van der Waals surface area contributed by atoms with E-state index in [2.05, 4.69) is 5.32 Å². The van der Waals surface area contributed by atoms with Gasteiger partial charge in [-0.1, -0.05) is 6.92 Å². The lowest BCUT2D eigenvalue weighted by molar-refractivity contribution is -0.129. The highest BCUT2D eigenvalue weighted by Gasteiger charge is 2.34. The highest BCUT2D eigenvalue weighted by Crippen LogP contribution is 2.18. The van der Waals surface area contributed by atoms with E-state index in [9.17, 15) is 14.7 Å². The van der Waals surface area contributed by atoms with E-state index in [1.807, 2.05) is 6.92 Å². The van der Waals surface area contributed by atoms with Crippen LogP contribution in [0.4, 0.5) is 0 Å². The molecule has 1 heterocycles. The van der Waals surface area contributed by atoms with Gasteiger partial charge in [-0.2, -0.15) is 0 Å². The predicted octanol–water partition coefficient (Wildman–Crippen LogP) is -0.241. The Bertz CT molecular complexity index is 331. The van der Waals surface area contributed by atoms with Crippen LogP contribution in [-0.2, 0) is 14.3 Å². The van der Waals surface area contributed by atoms with Gasteiger partial charge in [-0.05, 0) is 13.3 Å². The lowest BCUT2D eigenvalue weighted by atomic mass is 10.0. The molecule has 1 aliphatic heterocycles. The maximum atomic E-state index is 11.9. The van der Waals surface area contributed by atoms with Gasteiger partial charge in [0.2, 0.25) is 11.8 Å². The number of carbonyl (C=O) groups is 2. The Morgan fingerprint density at radius 3 is 2.89 bits per heavy atom. The highest BCUT2D eigenvalue weighted by atomic mass is 16.5. The molecule has 2 N–H and O–H groups in total. The van der Waals surface area contributed by atoms with Crippen molar-refractivity contribution in [2.75, 3.05) is 33.4 Å². The number of amides is 2. The largest absolute Gasteiger partial charge is 0.388 e.